The van der Waals surface area contributed by atoms with Crippen molar-refractivity contribution >= 4 is 11.8 Å². The summed E-state index contributed by atoms with van der Waals surface area (Å²) in [7, 11) is 0. The lowest BCUT2D eigenvalue weighted by Gasteiger charge is -2.28. The van der Waals surface area contributed by atoms with Crippen LogP contribution in [-0.4, -0.2) is 16.0 Å². The molecule has 1 aromatic heterocycles. The number of nitrogens with two attached hydrogens (primary N) is 1. The Hall–Kier alpha value is -1.36. The summed E-state index contributed by atoms with van der Waals surface area (Å²) in [5.74, 6) is 6.43. The van der Waals surface area contributed by atoms with Crippen LogP contribution in [-0.2, 0) is 0 Å². The van der Waals surface area contributed by atoms with Crippen molar-refractivity contribution in [1.82, 2.24) is 9.97 Å². The highest BCUT2D eigenvalue weighted by atomic mass is 15.3. The van der Waals surface area contributed by atoms with E-state index in [1.165, 1.54) is 0 Å². The third-order valence-corrected chi connectivity index (χ3v) is 2.45. The van der Waals surface area contributed by atoms with Crippen LogP contribution in [0.2, 0.25) is 0 Å². The third kappa shape index (κ3) is 3.36. The molecule has 1 heterocycles. The average Bonchev–Trinajstić information content (AvgIpc) is 2.16. The number of nitrogen functional groups attached to an aromatic ring is 1. The summed E-state index contributed by atoms with van der Waals surface area (Å²) in [6.45, 7) is 8.65. The molecule has 0 bridgehead atoms. The topological polar surface area (TPSA) is 75.9 Å². The van der Waals surface area contributed by atoms with E-state index in [1.807, 2.05) is 6.07 Å². The molecule has 0 saturated carbocycles. The molecular weight excluding hydrogens is 190 g/mol. The molecule has 0 aliphatic rings. The second-order valence-electron chi connectivity index (χ2n) is 4.64. The molecule has 5 heteroatoms. The molecule has 0 fully saturated rings. The quantitative estimate of drug-likeness (QED) is 0.521. The van der Waals surface area contributed by atoms with E-state index < -0.39 is 0 Å². The second-order valence-corrected chi connectivity index (χ2v) is 4.64. The van der Waals surface area contributed by atoms with Gasteiger partial charge in [0, 0.05) is 12.2 Å². The van der Waals surface area contributed by atoms with Crippen LogP contribution in [0.3, 0.4) is 0 Å². The zero-order valence-electron chi connectivity index (χ0n) is 9.70. The van der Waals surface area contributed by atoms with Gasteiger partial charge in [-0.3, -0.25) is 5.43 Å². The third-order valence-electron chi connectivity index (χ3n) is 2.45. The lowest BCUT2D eigenvalue weighted by Crippen LogP contribution is -2.31. The molecule has 0 aliphatic heterocycles. The summed E-state index contributed by atoms with van der Waals surface area (Å²) in [4.78, 5) is 8.13. The van der Waals surface area contributed by atoms with Crippen LogP contribution in [0.25, 0.3) is 0 Å². The van der Waals surface area contributed by atoms with Gasteiger partial charge in [0.2, 0.25) is 5.95 Å². The normalized spacial score (nSPS) is 13.4. The molecule has 1 rings (SSSR count). The summed E-state index contributed by atoms with van der Waals surface area (Å²) in [5, 5.41) is 3.31. The summed E-state index contributed by atoms with van der Waals surface area (Å²) in [5.41, 5.74) is 2.60. The van der Waals surface area contributed by atoms with Crippen molar-refractivity contribution in [2.75, 3.05) is 10.7 Å². The predicted octanol–water partition coefficient (Wildman–Crippen LogP) is 1.61. The van der Waals surface area contributed by atoms with E-state index in [0.29, 0.717) is 12.0 Å². The summed E-state index contributed by atoms with van der Waals surface area (Å²) < 4.78 is 0. The Bertz CT molecular complexity index is 318. The second kappa shape index (κ2) is 4.44. The Morgan fingerprint density at radius 3 is 2.60 bits per heavy atom. The molecule has 0 amide bonds. The number of nitrogens with zero attached hydrogens (tertiary/aromatic N) is 2. The maximum Gasteiger partial charge on any atom is 0.239 e. The Morgan fingerprint density at radius 2 is 2.07 bits per heavy atom. The first-order valence-corrected chi connectivity index (χ1v) is 4.99. The van der Waals surface area contributed by atoms with E-state index in [4.69, 9.17) is 5.84 Å². The fraction of sp³-hybridized carbons (Fsp3) is 0.600. The van der Waals surface area contributed by atoms with Crippen LogP contribution in [0.4, 0.5) is 11.8 Å². The summed E-state index contributed by atoms with van der Waals surface area (Å²) >= 11 is 0. The van der Waals surface area contributed by atoms with Gasteiger partial charge >= 0.3 is 0 Å². The Morgan fingerprint density at radius 1 is 1.40 bits per heavy atom. The number of nitrogens with one attached hydrogen (secondary N) is 2. The number of hydrogen-bond donors (Lipinski definition) is 3. The molecule has 4 N–H and O–H groups in total. The smallest absolute Gasteiger partial charge is 0.239 e. The standard InChI is InChI=1S/C10H19N5/c1-7(10(2,3)4)13-8-5-6-12-9(14-8)15-11/h5-7H,11H2,1-4H3,(H2,12,13,14,15). The molecule has 0 saturated heterocycles. The largest absolute Gasteiger partial charge is 0.367 e. The van der Waals surface area contributed by atoms with Crippen molar-refractivity contribution in [3.05, 3.63) is 12.3 Å². The van der Waals surface area contributed by atoms with Crippen LogP contribution in [0.15, 0.2) is 12.3 Å². The maximum absolute atomic E-state index is 5.23. The first-order chi connectivity index (χ1) is 6.93. The van der Waals surface area contributed by atoms with Gasteiger partial charge in [0.15, 0.2) is 0 Å². The van der Waals surface area contributed by atoms with Crippen molar-refractivity contribution < 1.29 is 0 Å². The molecule has 84 valence electrons. The van der Waals surface area contributed by atoms with Gasteiger partial charge < -0.3 is 5.32 Å². The molecule has 1 atom stereocenters. The van der Waals surface area contributed by atoms with Gasteiger partial charge in [-0.15, -0.1) is 0 Å². The maximum atomic E-state index is 5.23. The number of anilines is 2. The number of aromatic nitrogens is 2. The zero-order valence-corrected chi connectivity index (χ0v) is 9.70. The summed E-state index contributed by atoms with van der Waals surface area (Å²) in [6, 6.07) is 2.14. The van der Waals surface area contributed by atoms with Gasteiger partial charge in [0.25, 0.3) is 0 Å². The van der Waals surface area contributed by atoms with Gasteiger partial charge in [0.1, 0.15) is 5.82 Å². The van der Waals surface area contributed by atoms with E-state index in [0.717, 1.165) is 5.82 Å². The molecule has 0 aliphatic carbocycles. The van der Waals surface area contributed by atoms with Crippen molar-refractivity contribution in [1.29, 1.82) is 0 Å². The van der Waals surface area contributed by atoms with Crippen molar-refractivity contribution in [3.63, 3.8) is 0 Å². The van der Waals surface area contributed by atoms with E-state index in [1.54, 1.807) is 6.20 Å². The number of rotatable bonds is 3. The fourth-order valence-electron chi connectivity index (χ4n) is 0.947. The first kappa shape index (κ1) is 11.7. The van der Waals surface area contributed by atoms with Gasteiger partial charge in [0.05, 0.1) is 0 Å². The molecular formula is C10H19N5. The highest BCUT2D eigenvalue weighted by Gasteiger charge is 2.19. The van der Waals surface area contributed by atoms with Gasteiger partial charge in [-0.25, -0.2) is 10.8 Å². The average molecular weight is 209 g/mol. The zero-order chi connectivity index (χ0) is 11.5. The van der Waals surface area contributed by atoms with Crippen molar-refractivity contribution in [3.8, 4) is 0 Å². The number of hydrogen-bond acceptors (Lipinski definition) is 5. The van der Waals surface area contributed by atoms with Crippen molar-refractivity contribution in [2.24, 2.45) is 11.3 Å². The SMILES string of the molecule is CC(Nc1ccnc(NN)n1)C(C)(C)C. The molecule has 1 unspecified atom stereocenters. The minimum atomic E-state index is 0.182. The van der Waals surface area contributed by atoms with Crippen LogP contribution >= 0.6 is 0 Å². The van der Waals surface area contributed by atoms with Crippen LogP contribution in [0.5, 0.6) is 0 Å². The fourth-order valence-corrected chi connectivity index (χ4v) is 0.947. The van der Waals surface area contributed by atoms with E-state index in [-0.39, 0.29) is 5.41 Å². The molecule has 0 spiro atoms. The molecule has 15 heavy (non-hydrogen) atoms. The van der Waals surface area contributed by atoms with Crippen LogP contribution in [0, 0.1) is 5.41 Å². The Balaban J connectivity index is 2.72. The highest BCUT2D eigenvalue weighted by molar-refractivity contribution is 5.39. The lowest BCUT2D eigenvalue weighted by atomic mass is 9.88. The first-order valence-electron chi connectivity index (χ1n) is 4.99. The van der Waals surface area contributed by atoms with Crippen LogP contribution in [0.1, 0.15) is 27.7 Å². The minimum Gasteiger partial charge on any atom is -0.367 e. The molecule has 0 aromatic carbocycles. The molecule has 0 radical (unpaired) electrons. The Kier molecular flexibility index (Phi) is 3.47. The van der Waals surface area contributed by atoms with E-state index in [9.17, 15) is 0 Å². The summed E-state index contributed by atoms with van der Waals surface area (Å²) in [6.07, 6.45) is 1.67. The van der Waals surface area contributed by atoms with Gasteiger partial charge in [-0.2, -0.15) is 4.98 Å². The van der Waals surface area contributed by atoms with E-state index >= 15 is 0 Å². The Labute approximate surface area is 90.5 Å². The predicted molar refractivity (Wildman–Crippen MR) is 62.4 cm³/mol. The van der Waals surface area contributed by atoms with Gasteiger partial charge in [-0.05, 0) is 18.4 Å². The van der Waals surface area contributed by atoms with Gasteiger partial charge in [-0.1, -0.05) is 20.8 Å². The number of hydrazine groups is 1. The minimum absolute atomic E-state index is 0.182. The lowest BCUT2D eigenvalue weighted by molar-refractivity contribution is 0.359. The monoisotopic (exact) mass is 209 g/mol. The highest BCUT2D eigenvalue weighted by Crippen LogP contribution is 2.21. The molecule has 5 nitrogen and oxygen atoms in total. The van der Waals surface area contributed by atoms with Crippen LogP contribution < -0.4 is 16.6 Å². The molecule has 1 aromatic rings. The van der Waals surface area contributed by atoms with Crippen molar-refractivity contribution in [2.45, 2.75) is 33.7 Å². The van der Waals surface area contributed by atoms with E-state index in [2.05, 4.69) is 48.4 Å².